The molecule has 0 saturated carbocycles. The minimum atomic E-state index is -2.94. The zero-order valence-corrected chi connectivity index (χ0v) is 42.4. The van der Waals surface area contributed by atoms with E-state index in [0.717, 1.165) is 17.1 Å². The van der Waals surface area contributed by atoms with Crippen LogP contribution >= 0.6 is 0 Å². The van der Waals surface area contributed by atoms with Crippen LogP contribution in [0.25, 0.3) is 44.5 Å². The van der Waals surface area contributed by atoms with Crippen LogP contribution in [0.4, 0.5) is 17.1 Å². The monoisotopic (exact) mass is 949 g/mol. The Morgan fingerprint density at radius 3 is 1.42 bits per heavy atom. The Bertz CT molecular complexity index is 3830. The van der Waals surface area contributed by atoms with Gasteiger partial charge in [0.1, 0.15) is 8.07 Å². The third-order valence-electron chi connectivity index (χ3n) is 16.7. The molecule has 1 nitrogen and oxygen atoms in total. The predicted octanol–water partition coefficient (Wildman–Crippen LogP) is 12.6. The zero-order valence-electron chi connectivity index (χ0n) is 40.4. The maximum atomic E-state index is 2.60. The molecule has 11 aromatic rings. The van der Waals surface area contributed by atoms with Gasteiger partial charge in [-0.15, -0.1) is 0 Å². The summed E-state index contributed by atoms with van der Waals surface area (Å²) in [4.78, 5) is 2.60. The van der Waals surface area contributed by atoms with Crippen molar-refractivity contribution in [3.05, 3.63) is 290 Å². The van der Waals surface area contributed by atoms with Gasteiger partial charge < -0.3 is 4.90 Å². The fourth-order valence-corrected chi connectivity index (χ4v) is 22.7. The van der Waals surface area contributed by atoms with E-state index in [0.29, 0.717) is 0 Å². The van der Waals surface area contributed by atoms with E-state index in [9.17, 15) is 0 Å². The standard InChI is InChI=1S/C69H51NSi2/c1-69(50-25-8-4-9-26-50)63-36-17-12-31-57(63)58-42-41-52(47-64(58)69)70(51-27-22-30-55(45-51)71(2)65-37-18-13-32-59(65)60-33-14-19-38-66(60)71)53-43-49(48-23-6-3-7-24-48)44-56(46-53)72(54-28-10-5-11-29-54)67-39-20-15-34-61(67)62-35-16-21-40-68(62)72/h3-47H,1-2H3. The van der Waals surface area contributed by atoms with Crippen molar-refractivity contribution in [1.29, 1.82) is 0 Å². The van der Waals surface area contributed by atoms with Crippen LogP contribution in [0.1, 0.15) is 23.6 Å². The van der Waals surface area contributed by atoms with Crippen molar-refractivity contribution < 1.29 is 0 Å². The van der Waals surface area contributed by atoms with Gasteiger partial charge >= 0.3 is 0 Å². The Kier molecular flexibility index (Phi) is 9.66. The number of benzene rings is 11. The molecule has 0 aromatic heterocycles. The van der Waals surface area contributed by atoms with Gasteiger partial charge in [0.05, 0.1) is 0 Å². The molecular weight excluding hydrogens is 899 g/mol. The maximum absolute atomic E-state index is 2.94. The minimum absolute atomic E-state index is 0.368. The van der Waals surface area contributed by atoms with Crippen LogP contribution in [0.5, 0.6) is 0 Å². The second-order valence-electron chi connectivity index (χ2n) is 20.2. The number of hydrogen-bond donors (Lipinski definition) is 0. The van der Waals surface area contributed by atoms with E-state index in [1.54, 1.807) is 0 Å². The lowest BCUT2D eigenvalue weighted by Gasteiger charge is -2.35. The highest BCUT2D eigenvalue weighted by Gasteiger charge is 2.49. The summed E-state index contributed by atoms with van der Waals surface area (Å²) in [6.07, 6.45) is 0. The number of anilines is 3. The largest absolute Gasteiger partial charge is 0.310 e. The van der Waals surface area contributed by atoms with Crippen molar-refractivity contribution in [3.63, 3.8) is 0 Å². The highest BCUT2D eigenvalue weighted by atomic mass is 28.3. The van der Waals surface area contributed by atoms with Gasteiger partial charge in [-0.3, -0.25) is 0 Å². The Hall–Kier alpha value is -8.35. The molecule has 0 radical (unpaired) electrons. The quantitative estimate of drug-likeness (QED) is 0.137. The molecule has 1 unspecified atom stereocenters. The molecule has 1 aliphatic carbocycles. The second-order valence-corrected chi connectivity index (χ2v) is 27.8. The molecule has 1 atom stereocenters. The van der Waals surface area contributed by atoms with Crippen molar-refractivity contribution in [2.75, 3.05) is 4.90 Å². The van der Waals surface area contributed by atoms with Gasteiger partial charge in [-0.25, -0.2) is 0 Å². The molecule has 14 rings (SSSR count). The van der Waals surface area contributed by atoms with Gasteiger partial charge in [-0.05, 0) is 141 Å². The van der Waals surface area contributed by atoms with Crippen molar-refractivity contribution in [2.45, 2.75) is 18.9 Å². The Morgan fingerprint density at radius 2 is 0.778 bits per heavy atom. The van der Waals surface area contributed by atoms with E-state index in [2.05, 4.69) is 291 Å². The van der Waals surface area contributed by atoms with E-state index < -0.39 is 16.1 Å². The summed E-state index contributed by atoms with van der Waals surface area (Å²) in [6.45, 7) is 5.00. The number of nitrogens with zero attached hydrogens (tertiary/aromatic N) is 1. The molecule has 0 spiro atoms. The number of rotatable bonds is 8. The summed E-state index contributed by atoms with van der Waals surface area (Å²) in [5, 5.41) is 9.99. The van der Waals surface area contributed by atoms with Crippen molar-refractivity contribution in [1.82, 2.24) is 0 Å². The third-order valence-corrected chi connectivity index (χ3v) is 26.0. The fraction of sp³-hybridized carbons (Fsp3) is 0.0435. The van der Waals surface area contributed by atoms with E-state index in [1.807, 2.05) is 0 Å². The smallest absolute Gasteiger partial charge is 0.180 e. The molecule has 0 amide bonds. The van der Waals surface area contributed by atoms with E-state index >= 15 is 0 Å². The van der Waals surface area contributed by atoms with Gasteiger partial charge in [0.15, 0.2) is 8.07 Å². The Labute approximate surface area is 425 Å². The summed E-state index contributed by atoms with van der Waals surface area (Å²) in [5.41, 5.74) is 17.5. The first-order valence-electron chi connectivity index (χ1n) is 25.3. The molecule has 340 valence electrons. The number of hydrogen-bond acceptors (Lipinski definition) is 1. The molecule has 0 fully saturated rings. The van der Waals surface area contributed by atoms with Crippen LogP contribution in [0.3, 0.4) is 0 Å². The Balaban J connectivity index is 1.07. The molecule has 11 aromatic carbocycles. The predicted molar refractivity (Wildman–Crippen MR) is 309 cm³/mol. The number of fused-ring (bicyclic) bond motifs is 9. The normalized spacial score (nSPS) is 15.9. The van der Waals surface area contributed by atoms with E-state index in [4.69, 9.17) is 0 Å². The maximum Gasteiger partial charge on any atom is 0.180 e. The SMILES string of the molecule is CC1(c2ccccc2)c2ccccc2-c2ccc(N(c3cccc([Si]4(C)c5ccccc5-c5ccccc54)c3)c3cc(-c4ccccc4)cc([Si]4(c5ccccc5)c5ccccc5-c5ccccc54)c3)cc21. The lowest BCUT2D eigenvalue weighted by atomic mass is 9.74. The van der Waals surface area contributed by atoms with Gasteiger partial charge in [-0.2, -0.15) is 0 Å². The molecule has 2 heterocycles. The molecule has 0 saturated heterocycles. The topological polar surface area (TPSA) is 3.24 Å². The van der Waals surface area contributed by atoms with Gasteiger partial charge in [0.2, 0.25) is 0 Å². The van der Waals surface area contributed by atoms with Crippen LogP contribution in [0.15, 0.2) is 273 Å². The summed E-state index contributed by atoms with van der Waals surface area (Å²) in [5.74, 6) is 0. The first kappa shape index (κ1) is 42.5. The first-order chi connectivity index (χ1) is 35.5. The second kappa shape index (κ2) is 16.4. The third kappa shape index (κ3) is 6.05. The average molecular weight is 950 g/mol. The first-order valence-corrected chi connectivity index (χ1v) is 29.8. The van der Waals surface area contributed by atoms with E-state index in [1.165, 1.54) is 97.5 Å². The highest BCUT2D eigenvalue weighted by Crippen LogP contribution is 2.54. The van der Waals surface area contributed by atoms with Crippen LogP contribution < -0.4 is 41.2 Å². The van der Waals surface area contributed by atoms with Crippen molar-refractivity contribution in [2.24, 2.45) is 0 Å². The molecule has 3 heteroatoms. The van der Waals surface area contributed by atoms with Gasteiger partial charge in [0.25, 0.3) is 0 Å². The summed E-state index contributed by atoms with van der Waals surface area (Å²) >= 11 is 0. The molecular formula is C69H51NSi2. The summed E-state index contributed by atoms with van der Waals surface area (Å²) in [6, 6.07) is 104. The zero-order chi connectivity index (χ0) is 48.0. The summed E-state index contributed by atoms with van der Waals surface area (Å²) < 4.78 is 0. The van der Waals surface area contributed by atoms with Crippen LogP contribution in [-0.4, -0.2) is 16.1 Å². The average Bonchev–Trinajstić information content (AvgIpc) is 4.01. The van der Waals surface area contributed by atoms with Gasteiger partial charge in [-0.1, -0.05) is 243 Å². The van der Waals surface area contributed by atoms with E-state index in [-0.39, 0.29) is 5.41 Å². The Morgan fingerprint density at radius 1 is 0.306 bits per heavy atom. The molecule has 3 aliphatic rings. The highest BCUT2D eigenvalue weighted by molar-refractivity contribution is 7.22. The van der Waals surface area contributed by atoms with Crippen LogP contribution in [0.2, 0.25) is 6.55 Å². The molecule has 0 N–H and O–H groups in total. The molecule has 2 aliphatic heterocycles. The fourth-order valence-electron chi connectivity index (χ4n) is 13.3. The lowest BCUT2D eigenvalue weighted by molar-refractivity contribution is 0.714. The minimum Gasteiger partial charge on any atom is -0.310 e. The molecule has 0 bridgehead atoms. The lowest BCUT2D eigenvalue weighted by Crippen LogP contribution is -2.72. The van der Waals surface area contributed by atoms with Crippen molar-refractivity contribution in [3.8, 4) is 44.5 Å². The van der Waals surface area contributed by atoms with Crippen molar-refractivity contribution >= 4 is 69.5 Å². The van der Waals surface area contributed by atoms with Gasteiger partial charge in [0, 0.05) is 22.5 Å². The van der Waals surface area contributed by atoms with Crippen LogP contribution in [-0.2, 0) is 5.41 Å². The summed E-state index contributed by atoms with van der Waals surface area (Å²) in [7, 11) is -5.40. The molecule has 72 heavy (non-hydrogen) atoms. The van der Waals surface area contributed by atoms with Crippen LogP contribution in [0, 0.1) is 0 Å².